The van der Waals surface area contributed by atoms with Crippen LogP contribution in [-0.4, -0.2) is 18.0 Å². The summed E-state index contributed by atoms with van der Waals surface area (Å²) in [7, 11) is 1.67. The lowest BCUT2D eigenvalue weighted by molar-refractivity contribution is -0.137. The molecule has 2 atom stereocenters. The molecule has 1 aromatic rings. The van der Waals surface area contributed by atoms with Gasteiger partial charge in [0.05, 0.1) is 7.11 Å². The van der Waals surface area contributed by atoms with E-state index >= 15 is 0 Å². The third-order valence-corrected chi connectivity index (χ3v) is 6.73. The molecule has 2 unspecified atom stereocenters. The van der Waals surface area contributed by atoms with E-state index in [2.05, 4.69) is 40.7 Å². The second kappa shape index (κ2) is 5.50. The highest BCUT2D eigenvalue weighted by molar-refractivity contribution is 5.86. The summed E-state index contributed by atoms with van der Waals surface area (Å²) in [5, 5.41) is 11.0. The molecule has 0 heterocycles. The summed E-state index contributed by atoms with van der Waals surface area (Å²) in [6.07, 6.45) is 3.27. The maximum absolute atomic E-state index is 12.5. The van der Waals surface area contributed by atoms with Crippen molar-refractivity contribution >= 4 is 5.78 Å². The van der Waals surface area contributed by atoms with Gasteiger partial charge >= 0.3 is 0 Å². The maximum atomic E-state index is 12.5. The van der Waals surface area contributed by atoms with Crippen molar-refractivity contribution in [3.8, 4) is 11.5 Å². The maximum Gasteiger partial charge on any atom is 0.138 e. The molecule has 0 radical (unpaired) electrons. The van der Waals surface area contributed by atoms with Crippen molar-refractivity contribution in [3.63, 3.8) is 0 Å². The van der Waals surface area contributed by atoms with E-state index in [-0.39, 0.29) is 16.7 Å². The third kappa shape index (κ3) is 2.20. The second-order valence-electron chi connectivity index (χ2n) is 8.68. The number of ketones is 1. The number of phenols is 1. The van der Waals surface area contributed by atoms with E-state index in [9.17, 15) is 9.90 Å². The van der Waals surface area contributed by atoms with Crippen LogP contribution >= 0.6 is 0 Å². The first-order valence-corrected chi connectivity index (χ1v) is 9.11. The lowest BCUT2D eigenvalue weighted by Gasteiger charge is -2.53. The molecular formula is C21H30O3. The van der Waals surface area contributed by atoms with Crippen molar-refractivity contribution in [2.75, 3.05) is 7.11 Å². The summed E-state index contributed by atoms with van der Waals surface area (Å²) >= 11 is 0. The number of methoxy groups -OCH3 is 1. The van der Waals surface area contributed by atoms with Crippen LogP contribution in [0.1, 0.15) is 76.5 Å². The lowest BCUT2D eigenvalue weighted by Crippen LogP contribution is -2.52. The Labute approximate surface area is 145 Å². The number of benzene rings is 1. The van der Waals surface area contributed by atoms with Gasteiger partial charge in [-0.2, -0.15) is 0 Å². The number of rotatable bonds is 2. The zero-order valence-electron chi connectivity index (χ0n) is 15.8. The Bertz CT molecular complexity index is 687. The summed E-state index contributed by atoms with van der Waals surface area (Å²) in [6, 6.07) is 2.14. The van der Waals surface area contributed by atoms with Crippen molar-refractivity contribution < 1.29 is 14.6 Å². The van der Waals surface area contributed by atoms with Crippen LogP contribution in [0.5, 0.6) is 11.5 Å². The third-order valence-electron chi connectivity index (χ3n) is 6.73. The topological polar surface area (TPSA) is 46.5 Å². The molecule has 1 saturated carbocycles. The van der Waals surface area contributed by atoms with Crippen LogP contribution in [0.4, 0.5) is 0 Å². The van der Waals surface area contributed by atoms with E-state index < -0.39 is 0 Å². The van der Waals surface area contributed by atoms with Gasteiger partial charge < -0.3 is 9.84 Å². The number of fused-ring (bicyclic) bond motifs is 3. The van der Waals surface area contributed by atoms with Crippen LogP contribution in [0.2, 0.25) is 0 Å². The van der Waals surface area contributed by atoms with Gasteiger partial charge in [0, 0.05) is 17.4 Å². The summed E-state index contributed by atoms with van der Waals surface area (Å²) in [5.41, 5.74) is 2.79. The standard InChI is InChI=1S/C21H30O3/c1-12(2)18-15(24-6)11-14-13(19(18)23)7-8-16-20(3,4)17(22)9-10-21(14,16)5/h11-12,16,23H,7-10H2,1-6H3. The molecule has 0 bridgehead atoms. The average molecular weight is 330 g/mol. The smallest absolute Gasteiger partial charge is 0.138 e. The lowest BCUT2D eigenvalue weighted by atomic mass is 9.50. The number of aromatic hydroxyl groups is 1. The summed E-state index contributed by atoms with van der Waals surface area (Å²) in [5.74, 6) is 2.09. The summed E-state index contributed by atoms with van der Waals surface area (Å²) in [4.78, 5) is 12.5. The number of carbonyl (C=O) groups excluding carboxylic acids is 1. The van der Waals surface area contributed by atoms with Gasteiger partial charge in [-0.25, -0.2) is 0 Å². The van der Waals surface area contributed by atoms with Gasteiger partial charge in [0.2, 0.25) is 0 Å². The summed E-state index contributed by atoms with van der Waals surface area (Å²) < 4.78 is 5.62. The Morgan fingerprint density at radius 1 is 1.25 bits per heavy atom. The molecule has 132 valence electrons. The van der Waals surface area contributed by atoms with Crippen molar-refractivity contribution in [3.05, 3.63) is 22.8 Å². The molecule has 0 saturated heterocycles. The molecule has 24 heavy (non-hydrogen) atoms. The molecule has 3 heteroatoms. The van der Waals surface area contributed by atoms with Crippen LogP contribution in [0.15, 0.2) is 6.07 Å². The molecule has 2 aliphatic rings. The van der Waals surface area contributed by atoms with Crippen molar-refractivity contribution in [1.82, 2.24) is 0 Å². The SMILES string of the molecule is COc1cc2c(c(O)c1C(C)C)CCC1C(C)(C)C(=O)CCC21C. The van der Waals surface area contributed by atoms with Crippen LogP contribution in [0.3, 0.4) is 0 Å². The first-order chi connectivity index (χ1) is 11.1. The van der Waals surface area contributed by atoms with Gasteiger partial charge in [0.1, 0.15) is 17.3 Å². The van der Waals surface area contributed by atoms with Crippen LogP contribution in [0.25, 0.3) is 0 Å². The molecule has 1 fully saturated rings. The highest BCUT2D eigenvalue weighted by Gasteiger charge is 2.54. The minimum absolute atomic E-state index is 0.0781. The van der Waals surface area contributed by atoms with Crippen LogP contribution in [0, 0.1) is 11.3 Å². The van der Waals surface area contributed by atoms with Gasteiger partial charge in [0.15, 0.2) is 0 Å². The largest absolute Gasteiger partial charge is 0.507 e. The fourth-order valence-corrected chi connectivity index (χ4v) is 5.34. The highest BCUT2D eigenvalue weighted by atomic mass is 16.5. The number of hydrogen-bond acceptors (Lipinski definition) is 3. The number of hydrogen-bond donors (Lipinski definition) is 1. The van der Waals surface area contributed by atoms with E-state index in [1.807, 2.05) is 0 Å². The Hall–Kier alpha value is -1.51. The van der Waals surface area contributed by atoms with E-state index in [0.29, 0.717) is 23.9 Å². The van der Waals surface area contributed by atoms with Crippen molar-refractivity contribution in [2.45, 2.75) is 71.6 Å². The van der Waals surface area contributed by atoms with Gasteiger partial charge in [-0.3, -0.25) is 4.79 Å². The second-order valence-corrected chi connectivity index (χ2v) is 8.68. The Morgan fingerprint density at radius 3 is 2.50 bits per heavy atom. The minimum atomic E-state index is -0.301. The Balaban J connectivity index is 2.22. The molecule has 1 N–H and O–H groups in total. The predicted molar refractivity (Wildman–Crippen MR) is 95.9 cm³/mol. The molecular weight excluding hydrogens is 300 g/mol. The van der Waals surface area contributed by atoms with Gasteiger partial charge in [-0.1, -0.05) is 34.6 Å². The predicted octanol–water partition coefficient (Wildman–Crippen LogP) is 4.73. The minimum Gasteiger partial charge on any atom is -0.507 e. The average Bonchev–Trinajstić information content (AvgIpc) is 2.51. The van der Waals surface area contributed by atoms with Crippen molar-refractivity contribution in [1.29, 1.82) is 0 Å². The molecule has 1 aromatic carbocycles. The number of carbonyl (C=O) groups is 1. The molecule has 0 aromatic heterocycles. The number of ether oxygens (including phenoxy) is 1. The molecule has 3 rings (SSSR count). The first-order valence-electron chi connectivity index (χ1n) is 9.11. The fourth-order valence-electron chi connectivity index (χ4n) is 5.34. The monoisotopic (exact) mass is 330 g/mol. The van der Waals surface area contributed by atoms with Gasteiger partial charge in [-0.05, 0) is 53.7 Å². The Kier molecular flexibility index (Phi) is 3.97. The molecule has 0 spiro atoms. The van der Waals surface area contributed by atoms with Crippen LogP contribution < -0.4 is 4.74 Å². The number of Topliss-reactive ketones (excluding diaryl/α,β-unsaturated/α-hetero) is 1. The van der Waals surface area contributed by atoms with Gasteiger partial charge in [-0.15, -0.1) is 0 Å². The number of phenolic OH excluding ortho intramolecular Hbond substituents is 1. The zero-order valence-corrected chi connectivity index (χ0v) is 15.8. The zero-order chi connectivity index (χ0) is 17.9. The van der Waals surface area contributed by atoms with Crippen LogP contribution in [-0.2, 0) is 16.6 Å². The first kappa shape index (κ1) is 17.3. The van der Waals surface area contributed by atoms with Gasteiger partial charge in [0.25, 0.3) is 0 Å². The molecule has 2 aliphatic carbocycles. The van der Waals surface area contributed by atoms with E-state index in [4.69, 9.17) is 4.74 Å². The van der Waals surface area contributed by atoms with E-state index in [1.54, 1.807) is 7.11 Å². The van der Waals surface area contributed by atoms with E-state index in [0.717, 1.165) is 36.1 Å². The highest BCUT2D eigenvalue weighted by Crippen LogP contribution is 2.58. The molecule has 3 nitrogen and oxygen atoms in total. The molecule has 0 aliphatic heterocycles. The summed E-state index contributed by atoms with van der Waals surface area (Å²) in [6.45, 7) is 10.6. The quantitative estimate of drug-likeness (QED) is 0.852. The van der Waals surface area contributed by atoms with E-state index in [1.165, 1.54) is 5.56 Å². The normalized spacial score (nSPS) is 28.5. The van der Waals surface area contributed by atoms with Crippen molar-refractivity contribution in [2.24, 2.45) is 11.3 Å². The fraction of sp³-hybridized carbons (Fsp3) is 0.667. The Morgan fingerprint density at radius 2 is 1.92 bits per heavy atom. The molecule has 0 amide bonds.